The van der Waals surface area contributed by atoms with E-state index in [-0.39, 0.29) is 28.3 Å². The van der Waals surface area contributed by atoms with E-state index in [0.717, 1.165) is 12.1 Å². The van der Waals surface area contributed by atoms with Crippen LogP contribution < -0.4 is 11.1 Å². The van der Waals surface area contributed by atoms with Gasteiger partial charge >= 0.3 is 6.09 Å². The largest absolute Gasteiger partial charge is 0.441 e. The number of anilines is 2. The van der Waals surface area contributed by atoms with Crippen molar-refractivity contribution in [1.29, 1.82) is 0 Å². The van der Waals surface area contributed by atoms with Crippen molar-refractivity contribution in [2.24, 2.45) is 7.05 Å². The number of nitrogen functional groups attached to an aromatic ring is 1. The summed E-state index contributed by atoms with van der Waals surface area (Å²) in [6, 6.07) is 1.96. The molecule has 0 aliphatic heterocycles. The number of nitrogens with zero attached hydrogens (tertiary/aromatic N) is 4. The maximum Gasteiger partial charge on any atom is 0.413 e. The lowest BCUT2D eigenvalue weighted by molar-refractivity contribution is 0.118. The molecule has 0 aliphatic rings. The van der Waals surface area contributed by atoms with Crippen LogP contribution in [0.25, 0.3) is 11.3 Å². The summed E-state index contributed by atoms with van der Waals surface area (Å²) in [7, 11) is 1.51. The molecule has 3 rings (SSSR count). The third-order valence-corrected chi connectivity index (χ3v) is 3.83. The van der Waals surface area contributed by atoms with Crippen LogP contribution in [0.15, 0.2) is 30.7 Å². The first-order chi connectivity index (χ1) is 13.3. The Morgan fingerprint density at radius 1 is 1.21 bits per heavy atom. The summed E-state index contributed by atoms with van der Waals surface area (Å²) in [5.74, 6) is -2.35. The smallest absolute Gasteiger partial charge is 0.413 e. The van der Waals surface area contributed by atoms with E-state index < -0.39 is 29.8 Å². The number of halogens is 3. The zero-order chi connectivity index (χ0) is 20.4. The van der Waals surface area contributed by atoms with Crippen LogP contribution >= 0.6 is 0 Å². The number of hydrogen-bond donors (Lipinski definition) is 2. The Morgan fingerprint density at radius 3 is 2.68 bits per heavy atom. The van der Waals surface area contributed by atoms with Gasteiger partial charge in [0, 0.05) is 13.1 Å². The van der Waals surface area contributed by atoms with Gasteiger partial charge in [-0.05, 0) is 13.0 Å². The number of hydrogen-bond acceptors (Lipinski definition) is 6. The average molecular weight is 392 g/mol. The molecule has 3 heterocycles. The van der Waals surface area contributed by atoms with Crippen LogP contribution in [0.4, 0.5) is 29.5 Å². The number of nitrogens with two attached hydrogens (primary N) is 1. The first-order valence-corrected chi connectivity index (χ1v) is 7.98. The SMILES string of the molecule is C[C@@H](OC(=O)Nc1c(-c2ncc(N)cc2F)cnn1C)c1cc(F)cnc1F. The molecule has 0 radical (unpaired) electrons. The highest BCUT2D eigenvalue weighted by molar-refractivity contribution is 5.89. The Labute approximate surface area is 157 Å². The molecule has 0 saturated carbocycles. The minimum absolute atomic E-state index is 0.0778. The first kappa shape index (κ1) is 19.1. The number of rotatable bonds is 4. The molecule has 0 spiro atoms. The summed E-state index contributed by atoms with van der Waals surface area (Å²) in [6.45, 7) is 1.35. The van der Waals surface area contributed by atoms with Crippen LogP contribution in [0.5, 0.6) is 0 Å². The summed E-state index contributed by atoms with van der Waals surface area (Å²) >= 11 is 0. The van der Waals surface area contributed by atoms with Gasteiger partial charge in [-0.3, -0.25) is 15.0 Å². The standard InChI is InChI=1S/C17H15F3N6O2/c1-8(11-3-9(18)5-23-15(11)20)28-17(27)25-16-12(7-24-26(16)2)14-13(19)4-10(21)6-22-14/h3-8H,21H2,1-2H3,(H,25,27)/t8-/m1/s1. The van der Waals surface area contributed by atoms with Gasteiger partial charge in [0.25, 0.3) is 0 Å². The summed E-state index contributed by atoms with van der Waals surface area (Å²) in [5, 5.41) is 6.36. The normalized spacial score (nSPS) is 11.9. The van der Waals surface area contributed by atoms with Crippen molar-refractivity contribution in [3.63, 3.8) is 0 Å². The van der Waals surface area contributed by atoms with Crippen LogP contribution in [-0.2, 0) is 11.8 Å². The van der Waals surface area contributed by atoms with Crippen molar-refractivity contribution in [3.05, 3.63) is 53.9 Å². The Morgan fingerprint density at radius 2 is 1.96 bits per heavy atom. The minimum Gasteiger partial charge on any atom is -0.441 e. The maximum atomic E-state index is 14.2. The number of carbonyl (C=O) groups is 1. The molecule has 0 aromatic carbocycles. The van der Waals surface area contributed by atoms with Crippen molar-refractivity contribution in [1.82, 2.24) is 19.7 Å². The third-order valence-electron chi connectivity index (χ3n) is 3.83. The van der Waals surface area contributed by atoms with Crippen molar-refractivity contribution < 1.29 is 22.7 Å². The number of carbonyl (C=O) groups excluding carboxylic acids is 1. The van der Waals surface area contributed by atoms with E-state index in [2.05, 4.69) is 20.4 Å². The average Bonchev–Trinajstić information content (AvgIpc) is 2.97. The Kier molecular flexibility index (Phi) is 5.16. The number of pyridine rings is 2. The summed E-state index contributed by atoms with van der Waals surface area (Å²) in [5.41, 5.74) is 5.50. The molecule has 3 aromatic heterocycles. The maximum absolute atomic E-state index is 14.2. The van der Waals surface area contributed by atoms with Crippen LogP contribution in [0.1, 0.15) is 18.6 Å². The van der Waals surface area contributed by atoms with Crippen molar-refractivity contribution in [3.8, 4) is 11.3 Å². The van der Waals surface area contributed by atoms with Gasteiger partial charge in [-0.1, -0.05) is 0 Å². The third kappa shape index (κ3) is 3.87. The summed E-state index contributed by atoms with van der Waals surface area (Å²) in [4.78, 5) is 19.4. The number of amides is 1. The summed E-state index contributed by atoms with van der Waals surface area (Å²) < 4.78 is 47.5. The number of aromatic nitrogens is 4. The van der Waals surface area contributed by atoms with Gasteiger partial charge in [0.15, 0.2) is 5.82 Å². The predicted octanol–water partition coefficient (Wildman–Crippen LogP) is 3.19. The predicted molar refractivity (Wildman–Crippen MR) is 93.5 cm³/mol. The van der Waals surface area contributed by atoms with Crippen molar-refractivity contribution in [2.75, 3.05) is 11.1 Å². The molecular formula is C17H15F3N6O2. The van der Waals surface area contributed by atoms with Crippen molar-refractivity contribution >= 4 is 17.6 Å². The van der Waals surface area contributed by atoms with E-state index in [1.807, 2.05) is 0 Å². The summed E-state index contributed by atoms with van der Waals surface area (Å²) in [6.07, 6.45) is 1.15. The van der Waals surface area contributed by atoms with Gasteiger partial charge in [-0.2, -0.15) is 9.49 Å². The van der Waals surface area contributed by atoms with E-state index >= 15 is 0 Å². The topological polar surface area (TPSA) is 108 Å². The highest BCUT2D eigenvalue weighted by Crippen LogP contribution is 2.29. The van der Waals surface area contributed by atoms with E-state index in [1.54, 1.807) is 0 Å². The molecule has 1 amide bonds. The molecule has 0 aliphatic carbocycles. The van der Waals surface area contributed by atoms with E-state index in [1.165, 1.54) is 31.0 Å². The lowest BCUT2D eigenvalue weighted by Crippen LogP contribution is -2.19. The molecule has 28 heavy (non-hydrogen) atoms. The van der Waals surface area contributed by atoms with Crippen LogP contribution in [0.3, 0.4) is 0 Å². The molecule has 146 valence electrons. The van der Waals surface area contributed by atoms with Gasteiger partial charge in [0.1, 0.15) is 23.4 Å². The Bertz CT molecular complexity index is 1040. The molecular weight excluding hydrogens is 377 g/mol. The highest BCUT2D eigenvalue weighted by Gasteiger charge is 2.21. The zero-order valence-corrected chi connectivity index (χ0v) is 14.8. The van der Waals surface area contributed by atoms with Gasteiger partial charge < -0.3 is 10.5 Å². The van der Waals surface area contributed by atoms with Crippen LogP contribution in [-0.4, -0.2) is 25.8 Å². The molecule has 0 bridgehead atoms. The van der Waals surface area contributed by atoms with E-state index in [0.29, 0.717) is 6.20 Å². The number of ether oxygens (including phenoxy) is 1. The molecule has 8 nitrogen and oxygen atoms in total. The van der Waals surface area contributed by atoms with Gasteiger partial charge in [-0.15, -0.1) is 0 Å². The molecule has 0 saturated heterocycles. The van der Waals surface area contributed by atoms with E-state index in [4.69, 9.17) is 10.5 Å². The van der Waals surface area contributed by atoms with E-state index in [9.17, 15) is 18.0 Å². The van der Waals surface area contributed by atoms with Crippen LogP contribution in [0.2, 0.25) is 0 Å². The lowest BCUT2D eigenvalue weighted by atomic mass is 10.2. The molecule has 0 unspecified atom stereocenters. The number of aryl methyl sites for hydroxylation is 1. The minimum atomic E-state index is -1.13. The van der Waals surface area contributed by atoms with Crippen LogP contribution in [0, 0.1) is 17.6 Å². The molecule has 0 fully saturated rings. The fourth-order valence-electron chi connectivity index (χ4n) is 2.48. The molecule has 3 aromatic rings. The van der Waals surface area contributed by atoms with Gasteiger partial charge in [0.05, 0.1) is 35.4 Å². The monoisotopic (exact) mass is 392 g/mol. The van der Waals surface area contributed by atoms with Gasteiger partial charge in [0.2, 0.25) is 5.95 Å². The van der Waals surface area contributed by atoms with Crippen molar-refractivity contribution in [2.45, 2.75) is 13.0 Å². The fraction of sp³-hybridized carbons (Fsp3) is 0.176. The lowest BCUT2D eigenvalue weighted by Gasteiger charge is -2.15. The quantitative estimate of drug-likeness (QED) is 0.660. The molecule has 11 heteroatoms. The highest BCUT2D eigenvalue weighted by atomic mass is 19.1. The zero-order valence-electron chi connectivity index (χ0n) is 14.8. The van der Waals surface area contributed by atoms with Gasteiger partial charge in [-0.25, -0.2) is 18.6 Å². The second-order valence-corrected chi connectivity index (χ2v) is 5.84. The Balaban J connectivity index is 1.81. The number of nitrogens with one attached hydrogen (secondary N) is 1. The Hall–Kier alpha value is -3.63. The first-order valence-electron chi connectivity index (χ1n) is 7.98. The second-order valence-electron chi connectivity index (χ2n) is 5.84. The molecule has 3 N–H and O–H groups in total. The molecule has 1 atom stereocenters. The fourth-order valence-corrected chi connectivity index (χ4v) is 2.48. The second kappa shape index (κ2) is 7.55.